The van der Waals surface area contributed by atoms with Crippen LogP contribution in [0.25, 0.3) is 10.9 Å². The van der Waals surface area contributed by atoms with Gasteiger partial charge in [0.25, 0.3) is 0 Å². The van der Waals surface area contributed by atoms with Gasteiger partial charge in [-0.15, -0.1) is 0 Å². The second kappa shape index (κ2) is 12.2. The Balaban J connectivity index is 0.000000728. The van der Waals surface area contributed by atoms with Crippen LogP contribution in [0.5, 0.6) is 5.75 Å². The normalized spacial score (nSPS) is 11.2. The summed E-state index contributed by atoms with van der Waals surface area (Å²) in [6.45, 7) is 11.2. The molecular weight excluding hydrogens is 359 g/mol. The Bertz CT molecular complexity index is 682. The average molecular weight is 389 g/mol. The van der Waals surface area contributed by atoms with E-state index in [9.17, 15) is 0 Å². The highest BCUT2D eigenvalue weighted by atomic mass is 35.5. The van der Waals surface area contributed by atoms with Gasteiger partial charge >= 0.3 is 0 Å². The molecule has 0 spiro atoms. The molecule has 2 heterocycles. The van der Waals surface area contributed by atoms with Crippen molar-refractivity contribution in [2.75, 3.05) is 13.7 Å². The third kappa shape index (κ3) is 5.13. The van der Waals surface area contributed by atoms with Crippen LogP contribution in [-0.4, -0.2) is 24.5 Å². The Labute approximate surface area is 161 Å². The minimum Gasteiger partial charge on any atom is -0.493 e. The van der Waals surface area contributed by atoms with E-state index < -0.39 is 0 Å². The van der Waals surface area contributed by atoms with Gasteiger partial charge in [-0.05, 0) is 46.2 Å². The Kier molecular flexibility index (Phi) is 11.6. The topological polar surface area (TPSA) is 57.2 Å². The molecule has 6 heteroatoms. The first-order chi connectivity index (χ1) is 12.1. The number of hydrogen-bond acceptors (Lipinski definition) is 3. The zero-order valence-corrected chi connectivity index (χ0v) is 17.6. The number of benzene rings is 1. The number of ether oxygens (including phenoxy) is 1. The van der Waals surface area contributed by atoms with Crippen molar-refractivity contribution in [1.82, 2.24) is 4.57 Å². The maximum absolute atomic E-state index is 8.81. The van der Waals surface area contributed by atoms with Crippen molar-refractivity contribution >= 4 is 40.4 Å². The fourth-order valence-electron chi connectivity index (χ4n) is 2.93. The minimum absolute atomic E-state index is 0.569. The van der Waals surface area contributed by atoms with Gasteiger partial charge in [0.15, 0.2) is 0 Å². The molecule has 0 saturated carbocycles. The predicted molar refractivity (Wildman–Crippen MR) is 109 cm³/mol. The second-order valence-electron chi connectivity index (χ2n) is 4.89. The first-order valence-corrected chi connectivity index (χ1v) is 9.42. The number of fused-ring (bicyclic) bond motifs is 3. The lowest BCUT2D eigenvalue weighted by atomic mass is 10.1. The van der Waals surface area contributed by atoms with Gasteiger partial charge in [0, 0.05) is 23.7 Å². The van der Waals surface area contributed by atoms with Crippen molar-refractivity contribution in [2.24, 2.45) is 5.73 Å². The number of carbonyl (C=O) groups is 1. The van der Waals surface area contributed by atoms with Crippen molar-refractivity contribution in [3.63, 3.8) is 0 Å². The van der Waals surface area contributed by atoms with Gasteiger partial charge < -0.3 is 19.8 Å². The zero-order valence-electron chi connectivity index (χ0n) is 16.1. The summed E-state index contributed by atoms with van der Waals surface area (Å²) in [5, 5.41) is 2.34. The molecule has 25 heavy (non-hydrogen) atoms. The lowest BCUT2D eigenvalue weighted by Crippen LogP contribution is -1.95. The summed E-state index contributed by atoms with van der Waals surface area (Å²) in [6, 6.07) is 1.83. The van der Waals surface area contributed by atoms with Gasteiger partial charge in [-0.3, -0.25) is 0 Å². The third-order valence-corrected chi connectivity index (χ3v) is 4.43. The highest BCUT2D eigenvalue weighted by Gasteiger charge is 2.24. The van der Waals surface area contributed by atoms with Crippen LogP contribution in [0.4, 0.5) is 0 Å². The van der Waals surface area contributed by atoms with Crippen LogP contribution in [0.2, 0.25) is 10.0 Å². The maximum Gasteiger partial charge on any atom is 0.130 e. The molecule has 2 aromatic rings. The molecule has 0 bridgehead atoms. The number of hydrogen-bond donors (Lipinski definition) is 1. The molecule has 1 aliphatic heterocycles. The van der Waals surface area contributed by atoms with Crippen molar-refractivity contribution in [3.05, 3.63) is 27.4 Å². The zero-order chi connectivity index (χ0) is 19.6. The van der Waals surface area contributed by atoms with E-state index in [-0.39, 0.29) is 0 Å². The molecular formula is C19H30Cl2N2O2. The van der Waals surface area contributed by atoms with Gasteiger partial charge in [-0.2, -0.15) is 0 Å². The molecule has 0 aliphatic carbocycles. The number of aromatic nitrogens is 1. The van der Waals surface area contributed by atoms with Crippen LogP contribution in [-0.2, 0) is 17.8 Å². The SMILES string of the molecule is CC.CC=O.CCOc1cc(Cl)c(Cl)c2c1c(C)c1n2CCC1.CN. The minimum atomic E-state index is 0.569. The van der Waals surface area contributed by atoms with Crippen molar-refractivity contribution in [1.29, 1.82) is 0 Å². The predicted octanol–water partition coefficient (Wildman–Crippen LogP) is 5.41. The smallest absolute Gasteiger partial charge is 0.130 e. The summed E-state index contributed by atoms with van der Waals surface area (Å²) < 4.78 is 8.01. The first kappa shape index (κ1) is 23.8. The van der Waals surface area contributed by atoms with Gasteiger partial charge in [0.05, 0.1) is 22.2 Å². The molecule has 0 radical (unpaired) electrons. The van der Waals surface area contributed by atoms with E-state index in [1.54, 1.807) is 0 Å². The summed E-state index contributed by atoms with van der Waals surface area (Å²) >= 11 is 12.6. The summed E-state index contributed by atoms with van der Waals surface area (Å²) in [4.78, 5) is 8.81. The summed E-state index contributed by atoms with van der Waals surface area (Å²) in [5.41, 5.74) is 8.19. The van der Waals surface area contributed by atoms with E-state index in [1.165, 1.54) is 31.6 Å². The van der Waals surface area contributed by atoms with Gasteiger partial charge in [0.1, 0.15) is 12.0 Å². The molecule has 0 fully saturated rings. The monoisotopic (exact) mass is 388 g/mol. The van der Waals surface area contributed by atoms with Crippen LogP contribution < -0.4 is 10.5 Å². The van der Waals surface area contributed by atoms with E-state index in [2.05, 4.69) is 17.2 Å². The molecule has 142 valence electrons. The van der Waals surface area contributed by atoms with Gasteiger partial charge in [-0.1, -0.05) is 37.0 Å². The summed E-state index contributed by atoms with van der Waals surface area (Å²) in [5.74, 6) is 0.848. The number of carbonyl (C=O) groups excluding carboxylic acids is 1. The van der Waals surface area contributed by atoms with Crippen molar-refractivity contribution in [3.8, 4) is 5.75 Å². The van der Waals surface area contributed by atoms with Crippen LogP contribution in [0.1, 0.15) is 45.4 Å². The van der Waals surface area contributed by atoms with E-state index in [0.717, 1.165) is 35.9 Å². The van der Waals surface area contributed by atoms with E-state index in [0.29, 0.717) is 16.7 Å². The third-order valence-electron chi connectivity index (χ3n) is 3.66. The molecule has 1 aliphatic rings. The summed E-state index contributed by atoms with van der Waals surface area (Å²) in [7, 11) is 1.50. The Morgan fingerprint density at radius 2 is 1.88 bits per heavy atom. The number of nitrogens with two attached hydrogens (primary N) is 1. The average Bonchev–Trinajstić information content (AvgIpc) is 3.20. The van der Waals surface area contributed by atoms with Crippen LogP contribution >= 0.6 is 23.2 Å². The van der Waals surface area contributed by atoms with Crippen LogP contribution in [0.15, 0.2) is 6.07 Å². The molecule has 0 atom stereocenters. The van der Waals surface area contributed by atoms with Gasteiger partial charge in [0.2, 0.25) is 0 Å². The molecule has 0 saturated heterocycles. The molecule has 2 N–H and O–H groups in total. The largest absolute Gasteiger partial charge is 0.493 e. The van der Waals surface area contributed by atoms with E-state index in [4.69, 9.17) is 32.7 Å². The number of aryl methyl sites for hydroxylation is 2. The molecule has 4 nitrogen and oxygen atoms in total. The Morgan fingerprint density at radius 1 is 1.32 bits per heavy atom. The fourth-order valence-corrected chi connectivity index (χ4v) is 3.37. The van der Waals surface area contributed by atoms with Crippen molar-refractivity contribution in [2.45, 2.75) is 54.0 Å². The Hall–Kier alpha value is -1.23. The Morgan fingerprint density at radius 3 is 2.40 bits per heavy atom. The quantitative estimate of drug-likeness (QED) is 0.699. The molecule has 1 aromatic carbocycles. The first-order valence-electron chi connectivity index (χ1n) is 8.66. The van der Waals surface area contributed by atoms with Crippen LogP contribution in [0, 0.1) is 6.92 Å². The lowest BCUT2D eigenvalue weighted by Gasteiger charge is -2.10. The standard InChI is InChI=1S/C14H15Cl2NO.C2H4O.C2H6.CH5N/c1-3-18-11-7-9(15)13(16)14-12(11)8(2)10-5-4-6-17(10)14;1-2-3;2*1-2/h7H,3-6H2,1-2H3;2H,1H3;1-2H3;2H2,1H3. The number of aldehydes is 1. The number of nitrogens with zero attached hydrogens (tertiary/aromatic N) is 1. The van der Waals surface area contributed by atoms with E-state index in [1.807, 2.05) is 26.8 Å². The molecule has 1 aromatic heterocycles. The number of rotatable bonds is 2. The molecule has 0 unspecified atom stereocenters. The summed E-state index contributed by atoms with van der Waals surface area (Å²) in [6.07, 6.45) is 3.04. The lowest BCUT2D eigenvalue weighted by molar-refractivity contribution is -0.106. The van der Waals surface area contributed by atoms with Crippen molar-refractivity contribution < 1.29 is 9.53 Å². The number of halogens is 2. The second-order valence-corrected chi connectivity index (χ2v) is 5.67. The van der Waals surface area contributed by atoms with E-state index >= 15 is 0 Å². The van der Waals surface area contributed by atoms with Crippen LogP contribution in [0.3, 0.4) is 0 Å². The maximum atomic E-state index is 8.81. The van der Waals surface area contributed by atoms with Gasteiger partial charge in [-0.25, -0.2) is 0 Å². The fraction of sp³-hybridized carbons (Fsp3) is 0.526. The molecule has 3 rings (SSSR count). The highest BCUT2D eigenvalue weighted by molar-refractivity contribution is 6.45. The highest BCUT2D eigenvalue weighted by Crippen LogP contribution is 2.43. The molecule has 0 amide bonds.